The molecule has 2 N–H and O–H groups in total. The minimum atomic E-state index is 0.233. The van der Waals surface area contributed by atoms with E-state index in [-0.39, 0.29) is 6.04 Å². The van der Waals surface area contributed by atoms with Gasteiger partial charge in [0, 0.05) is 24.3 Å². The number of benzene rings is 1. The van der Waals surface area contributed by atoms with Gasteiger partial charge in [-0.3, -0.25) is 0 Å². The predicted molar refractivity (Wildman–Crippen MR) is 93.0 cm³/mol. The van der Waals surface area contributed by atoms with Crippen molar-refractivity contribution in [3.05, 3.63) is 29.3 Å². The van der Waals surface area contributed by atoms with Gasteiger partial charge in [0.25, 0.3) is 0 Å². The summed E-state index contributed by atoms with van der Waals surface area (Å²) in [4.78, 5) is 2.67. The number of hydrogen-bond donors (Lipinski definition) is 1. The maximum absolute atomic E-state index is 5.93. The SMILES string of the molecule is Cc1cc(CC(C)N)ccc1N(CC(C)C)C1CCCC1. The highest BCUT2D eigenvalue weighted by atomic mass is 15.2. The zero-order valence-corrected chi connectivity index (χ0v) is 14.2. The molecule has 1 aromatic rings. The summed E-state index contributed by atoms with van der Waals surface area (Å²) in [6.07, 6.45) is 6.46. The lowest BCUT2D eigenvalue weighted by Gasteiger charge is -2.34. The van der Waals surface area contributed by atoms with Crippen LogP contribution in [0, 0.1) is 12.8 Å². The normalized spacial score (nSPS) is 17.4. The van der Waals surface area contributed by atoms with Crippen molar-refractivity contribution in [1.29, 1.82) is 0 Å². The second-order valence-electron chi connectivity index (χ2n) is 7.29. The standard InChI is InChI=1S/C19H32N2/c1-14(2)13-21(18-7-5-6-8-18)19-10-9-17(11-15(19)3)12-16(4)20/h9-11,14,16,18H,5-8,12-13,20H2,1-4H3. The fourth-order valence-electron chi connectivity index (χ4n) is 3.59. The molecule has 118 valence electrons. The summed E-state index contributed by atoms with van der Waals surface area (Å²) in [7, 11) is 0. The van der Waals surface area contributed by atoms with Gasteiger partial charge < -0.3 is 10.6 Å². The van der Waals surface area contributed by atoms with E-state index in [4.69, 9.17) is 5.73 Å². The van der Waals surface area contributed by atoms with Crippen molar-refractivity contribution in [2.75, 3.05) is 11.4 Å². The Morgan fingerprint density at radius 1 is 1.19 bits per heavy atom. The van der Waals surface area contributed by atoms with Crippen LogP contribution in [-0.2, 0) is 6.42 Å². The van der Waals surface area contributed by atoms with Gasteiger partial charge in [-0.1, -0.05) is 38.8 Å². The Morgan fingerprint density at radius 2 is 1.86 bits per heavy atom. The molecule has 0 spiro atoms. The molecule has 2 nitrogen and oxygen atoms in total. The number of hydrogen-bond acceptors (Lipinski definition) is 2. The molecular weight excluding hydrogens is 256 g/mol. The van der Waals surface area contributed by atoms with Gasteiger partial charge in [0.2, 0.25) is 0 Å². The minimum absolute atomic E-state index is 0.233. The first-order valence-electron chi connectivity index (χ1n) is 8.59. The second kappa shape index (κ2) is 7.31. The topological polar surface area (TPSA) is 29.3 Å². The van der Waals surface area contributed by atoms with Crippen LogP contribution in [-0.4, -0.2) is 18.6 Å². The van der Waals surface area contributed by atoms with Gasteiger partial charge >= 0.3 is 0 Å². The van der Waals surface area contributed by atoms with Crippen LogP contribution in [0.15, 0.2) is 18.2 Å². The van der Waals surface area contributed by atoms with E-state index in [0.717, 1.165) is 19.0 Å². The summed E-state index contributed by atoms with van der Waals surface area (Å²) in [5.41, 5.74) is 10.1. The average Bonchev–Trinajstić information content (AvgIpc) is 2.89. The molecule has 2 heteroatoms. The minimum Gasteiger partial charge on any atom is -0.368 e. The number of aryl methyl sites for hydroxylation is 1. The molecule has 21 heavy (non-hydrogen) atoms. The van der Waals surface area contributed by atoms with Crippen molar-refractivity contribution in [2.45, 2.75) is 71.9 Å². The molecule has 1 aliphatic carbocycles. The molecule has 0 saturated heterocycles. The van der Waals surface area contributed by atoms with E-state index in [0.29, 0.717) is 5.92 Å². The third-order valence-corrected chi connectivity index (χ3v) is 4.46. The van der Waals surface area contributed by atoms with Crippen LogP contribution in [0.5, 0.6) is 0 Å². The maximum atomic E-state index is 5.93. The highest BCUT2D eigenvalue weighted by molar-refractivity contribution is 5.55. The van der Waals surface area contributed by atoms with Gasteiger partial charge in [0.1, 0.15) is 0 Å². The smallest absolute Gasteiger partial charge is 0.0398 e. The third kappa shape index (κ3) is 4.47. The summed E-state index contributed by atoms with van der Waals surface area (Å²) in [5, 5.41) is 0. The van der Waals surface area contributed by atoms with Crippen LogP contribution < -0.4 is 10.6 Å². The van der Waals surface area contributed by atoms with Crippen molar-refractivity contribution in [2.24, 2.45) is 11.7 Å². The first-order valence-corrected chi connectivity index (χ1v) is 8.59. The second-order valence-corrected chi connectivity index (χ2v) is 7.29. The van der Waals surface area contributed by atoms with Crippen molar-refractivity contribution in [1.82, 2.24) is 0 Å². The van der Waals surface area contributed by atoms with Gasteiger partial charge in [-0.05, 0) is 56.2 Å². The largest absolute Gasteiger partial charge is 0.368 e. The number of rotatable bonds is 6. The van der Waals surface area contributed by atoms with Gasteiger partial charge in [0.15, 0.2) is 0 Å². The van der Waals surface area contributed by atoms with Crippen LogP contribution in [0.3, 0.4) is 0 Å². The quantitative estimate of drug-likeness (QED) is 0.846. The molecular formula is C19H32N2. The van der Waals surface area contributed by atoms with Crippen LogP contribution in [0.4, 0.5) is 5.69 Å². The number of nitrogens with two attached hydrogens (primary N) is 1. The molecule has 0 heterocycles. The van der Waals surface area contributed by atoms with Gasteiger partial charge in [-0.15, -0.1) is 0 Å². The molecule has 0 bridgehead atoms. The zero-order valence-electron chi connectivity index (χ0n) is 14.2. The molecule has 0 aliphatic heterocycles. The lowest BCUT2D eigenvalue weighted by atomic mass is 10.0. The summed E-state index contributed by atoms with van der Waals surface area (Å²) >= 11 is 0. The Kier molecular flexibility index (Phi) is 5.69. The lowest BCUT2D eigenvalue weighted by Crippen LogP contribution is -2.36. The van der Waals surface area contributed by atoms with E-state index >= 15 is 0 Å². The molecule has 1 aliphatic rings. The van der Waals surface area contributed by atoms with Crippen molar-refractivity contribution < 1.29 is 0 Å². The Labute approximate surface area is 130 Å². The number of anilines is 1. The molecule has 1 atom stereocenters. The predicted octanol–water partition coefficient (Wildman–Crippen LogP) is 4.29. The Morgan fingerprint density at radius 3 is 2.38 bits per heavy atom. The van der Waals surface area contributed by atoms with Gasteiger partial charge in [-0.2, -0.15) is 0 Å². The van der Waals surface area contributed by atoms with E-state index in [1.165, 1.54) is 42.5 Å². The Hall–Kier alpha value is -1.02. The highest BCUT2D eigenvalue weighted by Gasteiger charge is 2.24. The fourth-order valence-corrected chi connectivity index (χ4v) is 3.59. The summed E-state index contributed by atoms with van der Waals surface area (Å²) in [6.45, 7) is 10.1. The van der Waals surface area contributed by atoms with E-state index in [1.54, 1.807) is 0 Å². The van der Waals surface area contributed by atoms with E-state index in [9.17, 15) is 0 Å². The zero-order chi connectivity index (χ0) is 15.4. The van der Waals surface area contributed by atoms with Crippen LogP contribution in [0.2, 0.25) is 0 Å². The van der Waals surface area contributed by atoms with Crippen LogP contribution in [0.1, 0.15) is 57.6 Å². The van der Waals surface area contributed by atoms with E-state index in [1.807, 2.05) is 0 Å². The van der Waals surface area contributed by atoms with Crippen LogP contribution in [0.25, 0.3) is 0 Å². The van der Waals surface area contributed by atoms with Crippen LogP contribution >= 0.6 is 0 Å². The van der Waals surface area contributed by atoms with E-state index in [2.05, 4.69) is 50.8 Å². The summed E-state index contributed by atoms with van der Waals surface area (Å²) in [5.74, 6) is 0.703. The van der Waals surface area contributed by atoms with Crippen molar-refractivity contribution >= 4 is 5.69 Å². The van der Waals surface area contributed by atoms with Gasteiger partial charge in [0.05, 0.1) is 0 Å². The first kappa shape index (κ1) is 16.4. The molecule has 1 unspecified atom stereocenters. The number of nitrogens with zero attached hydrogens (tertiary/aromatic N) is 1. The van der Waals surface area contributed by atoms with Crippen molar-refractivity contribution in [3.63, 3.8) is 0 Å². The molecule has 1 saturated carbocycles. The average molecular weight is 288 g/mol. The molecule has 2 rings (SSSR count). The maximum Gasteiger partial charge on any atom is 0.0398 e. The van der Waals surface area contributed by atoms with Crippen molar-refractivity contribution in [3.8, 4) is 0 Å². The summed E-state index contributed by atoms with van der Waals surface area (Å²) in [6, 6.07) is 7.91. The summed E-state index contributed by atoms with van der Waals surface area (Å²) < 4.78 is 0. The third-order valence-electron chi connectivity index (χ3n) is 4.46. The first-order chi connectivity index (χ1) is 9.97. The van der Waals surface area contributed by atoms with Gasteiger partial charge in [-0.25, -0.2) is 0 Å². The Bertz CT molecular complexity index is 445. The molecule has 0 radical (unpaired) electrons. The molecule has 1 fully saturated rings. The highest BCUT2D eigenvalue weighted by Crippen LogP contribution is 2.31. The Balaban J connectivity index is 2.22. The lowest BCUT2D eigenvalue weighted by molar-refractivity contribution is 0.535. The molecule has 1 aromatic carbocycles. The fraction of sp³-hybridized carbons (Fsp3) is 0.684. The monoisotopic (exact) mass is 288 g/mol. The molecule has 0 amide bonds. The van der Waals surface area contributed by atoms with E-state index < -0.39 is 0 Å². The molecule has 0 aromatic heterocycles.